The Labute approximate surface area is 166 Å². The van der Waals surface area contributed by atoms with E-state index in [0.29, 0.717) is 18.0 Å². The summed E-state index contributed by atoms with van der Waals surface area (Å²) < 4.78 is 0. The Hall–Kier alpha value is -2.15. The van der Waals surface area contributed by atoms with E-state index in [9.17, 15) is 14.7 Å². The Morgan fingerprint density at radius 1 is 1.21 bits per heavy atom. The van der Waals surface area contributed by atoms with Gasteiger partial charge in [0, 0.05) is 38.9 Å². The van der Waals surface area contributed by atoms with E-state index in [1.807, 2.05) is 6.07 Å². The number of carbonyl (C=O) groups excluding carboxylic acids is 2. The number of hydrogen-bond acceptors (Lipinski definition) is 5. The van der Waals surface area contributed by atoms with Crippen LogP contribution < -0.4 is 10.2 Å². The third-order valence-electron chi connectivity index (χ3n) is 6.79. The molecule has 1 atom stereocenters. The lowest BCUT2D eigenvalue weighted by Crippen LogP contribution is -2.50. The quantitative estimate of drug-likeness (QED) is 0.824. The second kappa shape index (κ2) is 7.70. The molecule has 3 heterocycles. The van der Waals surface area contributed by atoms with Crippen LogP contribution >= 0.6 is 0 Å². The Morgan fingerprint density at radius 2 is 2.00 bits per heavy atom. The minimum Gasteiger partial charge on any atom is -0.393 e. The van der Waals surface area contributed by atoms with Crippen molar-refractivity contribution in [3.8, 4) is 0 Å². The van der Waals surface area contributed by atoms with Gasteiger partial charge >= 0.3 is 0 Å². The van der Waals surface area contributed by atoms with Gasteiger partial charge in [-0.2, -0.15) is 0 Å². The summed E-state index contributed by atoms with van der Waals surface area (Å²) in [7, 11) is 1.61. The topological polar surface area (TPSA) is 85.8 Å². The van der Waals surface area contributed by atoms with E-state index >= 15 is 0 Å². The fraction of sp³-hybridized carbons (Fsp3) is 0.667. The molecule has 7 heteroatoms. The molecule has 1 saturated carbocycles. The number of aromatic nitrogens is 1. The number of rotatable bonds is 3. The Bertz CT molecular complexity index is 730. The molecule has 0 radical (unpaired) electrons. The maximum atomic E-state index is 13.4. The highest BCUT2D eigenvalue weighted by atomic mass is 16.3. The summed E-state index contributed by atoms with van der Waals surface area (Å²) in [5.41, 5.74) is 0.232. The summed E-state index contributed by atoms with van der Waals surface area (Å²) in [5.74, 6) is 0.979. The normalized spacial score (nSPS) is 30.7. The van der Waals surface area contributed by atoms with Crippen LogP contribution in [0.2, 0.25) is 0 Å². The van der Waals surface area contributed by atoms with Crippen LogP contribution in [0, 0.1) is 5.41 Å². The van der Waals surface area contributed by atoms with Crippen LogP contribution in [0.5, 0.6) is 0 Å². The molecular weight excluding hydrogens is 356 g/mol. The van der Waals surface area contributed by atoms with Gasteiger partial charge < -0.3 is 20.2 Å². The molecule has 28 heavy (non-hydrogen) atoms. The molecule has 0 bridgehead atoms. The van der Waals surface area contributed by atoms with Crippen molar-refractivity contribution < 1.29 is 14.7 Å². The molecule has 1 spiro atoms. The van der Waals surface area contributed by atoms with Gasteiger partial charge in [0.1, 0.15) is 5.82 Å². The molecule has 1 unspecified atom stereocenters. The number of aliphatic hydroxyl groups is 1. The molecule has 2 N–H and O–H groups in total. The summed E-state index contributed by atoms with van der Waals surface area (Å²) in [6, 6.07) is 3.96. The van der Waals surface area contributed by atoms with Crippen LogP contribution in [-0.2, 0) is 4.79 Å². The van der Waals surface area contributed by atoms with Gasteiger partial charge in [0.2, 0.25) is 5.91 Å². The molecule has 2 saturated heterocycles. The zero-order valence-electron chi connectivity index (χ0n) is 16.6. The highest BCUT2D eigenvalue weighted by molar-refractivity contribution is 5.93. The maximum absolute atomic E-state index is 13.4. The van der Waals surface area contributed by atoms with Crippen LogP contribution in [0.15, 0.2) is 18.3 Å². The minimum atomic E-state index is -0.310. The number of hydrogen-bond donors (Lipinski definition) is 2. The second-order valence-corrected chi connectivity index (χ2v) is 8.50. The monoisotopic (exact) mass is 386 g/mol. The van der Waals surface area contributed by atoms with Crippen LogP contribution in [0.4, 0.5) is 5.82 Å². The predicted molar refractivity (Wildman–Crippen MR) is 106 cm³/mol. The first-order valence-electron chi connectivity index (χ1n) is 10.4. The SMILES string of the molecule is CNC(=O)c1ccc(N2CCCC3(CCN([C@H]4CC[C@H](O)CC4)C3=O)C2)nc1. The first-order valence-corrected chi connectivity index (χ1v) is 10.4. The van der Waals surface area contributed by atoms with E-state index in [4.69, 9.17) is 0 Å². The van der Waals surface area contributed by atoms with Gasteiger partial charge in [0.25, 0.3) is 5.91 Å². The first kappa shape index (κ1) is 19.2. The van der Waals surface area contributed by atoms with E-state index in [0.717, 1.165) is 63.9 Å². The third-order valence-corrected chi connectivity index (χ3v) is 6.79. The van der Waals surface area contributed by atoms with E-state index in [1.165, 1.54) is 0 Å². The zero-order chi connectivity index (χ0) is 19.7. The van der Waals surface area contributed by atoms with Crippen LogP contribution in [0.25, 0.3) is 0 Å². The van der Waals surface area contributed by atoms with E-state index < -0.39 is 0 Å². The van der Waals surface area contributed by atoms with Gasteiger partial charge in [-0.15, -0.1) is 0 Å². The van der Waals surface area contributed by atoms with Crippen molar-refractivity contribution in [2.75, 3.05) is 31.6 Å². The number of anilines is 1. The van der Waals surface area contributed by atoms with Crippen molar-refractivity contribution in [1.82, 2.24) is 15.2 Å². The molecule has 1 aliphatic carbocycles. The largest absolute Gasteiger partial charge is 0.393 e. The van der Waals surface area contributed by atoms with Gasteiger partial charge in [0.05, 0.1) is 17.1 Å². The maximum Gasteiger partial charge on any atom is 0.252 e. The number of amides is 2. The van der Waals surface area contributed by atoms with Crippen molar-refractivity contribution in [3.05, 3.63) is 23.9 Å². The number of piperidine rings is 1. The summed E-state index contributed by atoms with van der Waals surface area (Å²) in [6.07, 6.45) is 7.64. The fourth-order valence-corrected chi connectivity index (χ4v) is 5.12. The predicted octanol–water partition coefficient (Wildman–Crippen LogP) is 1.56. The summed E-state index contributed by atoms with van der Waals surface area (Å²) in [6.45, 7) is 2.41. The fourth-order valence-electron chi connectivity index (χ4n) is 5.12. The highest BCUT2D eigenvalue weighted by Crippen LogP contribution is 2.43. The minimum absolute atomic E-state index is 0.145. The van der Waals surface area contributed by atoms with Crippen LogP contribution in [0.1, 0.15) is 55.3 Å². The number of pyridine rings is 1. The summed E-state index contributed by atoms with van der Waals surface area (Å²) in [4.78, 5) is 33.9. The molecule has 0 aromatic carbocycles. The van der Waals surface area contributed by atoms with E-state index in [-0.39, 0.29) is 23.5 Å². The molecule has 3 aliphatic rings. The van der Waals surface area contributed by atoms with E-state index in [1.54, 1.807) is 19.3 Å². The van der Waals surface area contributed by atoms with Crippen molar-refractivity contribution in [2.45, 2.75) is 57.1 Å². The third kappa shape index (κ3) is 3.48. The molecule has 4 rings (SSSR count). The zero-order valence-corrected chi connectivity index (χ0v) is 16.6. The Morgan fingerprint density at radius 3 is 2.68 bits per heavy atom. The van der Waals surface area contributed by atoms with Crippen molar-refractivity contribution >= 4 is 17.6 Å². The number of aliphatic hydroxyl groups excluding tert-OH is 1. The molecule has 1 aromatic heterocycles. The number of nitrogens with one attached hydrogen (secondary N) is 1. The average Bonchev–Trinajstić information content (AvgIpc) is 3.04. The average molecular weight is 386 g/mol. The summed E-state index contributed by atoms with van der Waals surface area (Å²) >= 11 is 0. The number of carbonyl (C=O) groups is 2. The lowest BCUT2D eigenvalue weighted by Gasteiger charge is -2.41. The van der Waals surface area contributed by atoms with Gasteiger partial charge in [-0.05, 0) is 57.1 Å². The molecule has 1 aromatic rings. The van der Waals surface area contributed by atoms with Gasteiger partial charge in [-0.3, -0.25) is 9.59 Å². The Kier molecular flexibility index (Phi) is 5.27. The van der Waals surface area contributed by atoms with Gasteiger partial charge in [-0.25, -0.2) is 4.98 Å². The molecule has 2 amide bonds. The second-order valence-electron chi connectivity index (χ2n) is 8.50. The standard InChI is InChI=1S/C21H30N4O3/c1-22-19(27)15-3-8-18(23-13-15)24-11-2-9-21(14-24)10-12-25(20(21)28)16-4-6-17(26)7-5-16/h3,8,13,16-17,26H,2,4-7,9-12,14H2,1H3,(H,22,27)/t16-,17-,21?. The molecule has 7 nitrogen and oxygen atoms in total. The summed E-state index contributed by atoms with van der Waals surface area (Å²) in [5, 5.41) is 12.4. The van der Waals surface area contributed by atoms with Crippen LogP contribution in [0.3, 0.4) is 0 Å². The molecule has 152 valence electrons. The highest BCUT2D eigenvalue weighted by Gasteiger charge is 2.50. The lowest BCUT2D eigenvalue weighted by atomic mass is 9.78. The number of nitrogens with zero attached hydrogens (tertiary/aromatic N) is 3. The smallest absolute Gasteiger partial charge is 0.252 e. The van der Waals surface area contributed by atoms with E-state index in [2.05, 4.69) is 20.1 Å². The van der Waals surface area contributed by atoms with Crippen molar-refractivity contribution in [1.29, 1.82) is 0 Å². The lowest BCUT2D eigenvalue weighted by molar-refractivity contribution is -0.139. The van der Waals surface area contributed by atoms with Crippen LogP contribution in [-0.4, -0.2) is 65.6 Å². The molecule has 2 aliphatic heterocycles. The number of likely N-dealkylation sites (tertiary alicyclic amines) is 1. The van der Waals surface area contributed by atoms with Gasteiger partial charge in [-0.1, -0.05) is 0 Å². The molecule has 3 fully saturated rings. The van der Waals surface area contributed by atoms with Crippen molar-refractivity contribution in [3.63, 3.8) is 0 Å². The molecular formula is C21H30N4O3. The van der Waals surface area contributed by atoms with Gasteiger partial charge in [0.15, 0.2) is 0 Å². The Balaban J connectivity index is 1.46. The first-order chi connectivity index (χ1) is 13.5. The van der Waals surface area contributed by atoms with Crippen molar-refractivity contribution in [2.24, 2.45) is 5.41 Å².